The minimum atomic E-state index is -0.881. The molecule has 0 aromatic heterocycles. The van der Waals surface area contributed by atoms with Crippen molar-refractivity contribution in [3.05, 3.63) is 41.0 Å². The van der Waals surface area contributed by atoms with Gasteiger partial charge in [-0.05, 0) is 79.7 Å². The van der Waals surface area contributed by atoms with Crippen LogP contribution in [-0.4, -0.2) is 29.4 Å². The van der Waals surface area contributed by atoms with E-state index in [2.05, 4.69) is 19.1 Å². The van der Waals surface area contributed by atoms with Crippen LogP contribution >= 0.6 is 0 Å². The van der Waals surface area contributed by atoms with Gasteiger partial charge in [-0.15, -0.1) is 0 Å². The highest BCUT2D eigenvalue weighted by molar-refractivity contribution is 5.92. The molecule has 0 heterocycles. The van der Waals surface area contributed by atoms with Crippen LogP contribution in [0, 0.1) is 22.7 Å². The van der Waals surface area contributed by atoms with Crippen molar-refractivity contribution in [3.8, 4) is 5.75 Å². The average molecular weight is 407 g/mol. The van der Waals surface area contributed by atoms with E-state index in [9.17, 15) is 14.7 Å². The van der Waals surface area contributed by atoms with Gasteiger partial charge in [-0.25, -0.2) is 0 Å². The lowest BCUT2D eigenvalue weighted by molar-refractivity contribution is -0.210. The number of hydrogen-bond acceptors (Lipinski definition) is 4. The Labute approximate surface area is 177 Å². The highest BCUT2D eigenvalue weighted by Gasteiger charge is 2.72. The van der Waals surface area contributed by atoms with Crippen LogP contribution in [0.1, 0.15) is 68.9 Å². The molecular formula is C26H30O4. The third kappa shape index (κ3) is 2.02. The van der Waals surface area contributed by atoms with Crippen molar-refractivity contribution in [2.75, 3.05) is 7.11 Å². The van der Waals surface area contributed by atoms with Crippen molar-refractivity contribution in [2.24, 2.45) is 22.7 Å². The Morgan fingerprint density at radius 1 is 1.10 bits per heavy atom. The number of ether oxygens (including phenoxy) is 1. The number of carbonyl (C=O) groups is 2. The maximum Gasteiger partial charge on any atom is 0.155 e. The first kappa shape index (κ1) is 18.8. The van der Waals surface area contributed by atoms with E-state index in [1.165, 1.54) is 11.1 Å². The van der Waals surface area contributed by atoms with Crippen LogP contribution in [-0.2, 0) is 16.0 Å². The zero-order valence-corrected chi connectivity index (χ0v) is 17.9. The summed E-state index contributed by atoms with van der Waals surface area (Å²) in [5, 5.41) is 12.8. The summed E-state index contributed by atoms with van der Waals surface area (Å²) in [6, 6.07) is 6.23. The Hall–Kier alpha value is -1.94. The zero-order valence-electron chi connectivity index (χ0n) is 17.9. The lowest BCUT2D eigenvalue weighted by Crippen LogP contribution is -2.69. The van der Waals surface area contributed by atoms with Gasteiger partial charge in [0, 0.05) is 29.6 Å². The van der Waals surface area contributed by atoms with E-state index in [1.54, 1.807) is 7.11 Å². The largest absolute Gasteiger partial charge is 0.497 e. The lowest BCUT2D eigenvalue weighted by atomic mass is 9.38. The lowest BCUT2D eigenvalue weighted by Gasteiger charge is -2.68. The second-order valence-electron chi connectivity index (χ2n) is 10.7. The van der Waals surface area contributed by atoms with Crippen LogP contribution in [0.25, 0.3) is 0 Å². The fourth-order valence-electron chi connectivity index (χ4n) is 8.46. The normalized spacial score (nSPS) is 43.8. The monoisotopic (exact) mass is 406 g/mol. The molecular weight excluding hydrogens is 376 g/mol. The van der Waals surface area contributed by atoms with E-state index in [0.717, 1.165) is 43.4 Å². The van der Waals surface area contributed by atoms with Crippen LogP contribution in [0.3, 0.4) is 0 Å². The molecule has 5 aliphatic carbocycles. The Kier molecular flexibility index (Phi) is 3.66. The van der Waals surface area contributed by atoms with Gasteiger partial charge in [0.05, 0.1) is 12.7 Å². The molecule has 1 aromatic carbocycles. The van der Waals surface area contributed by atoms with E-state index < -0.39 is 5.60 Å². The van der Waals surface area contributed by atoms with E-state index >= 15 is 0 Å². The predicted octanol–water partition coefficient (Wildman–Crippen LogP) is 4.14. The fraction of sp³-hybridized carbons (Fsp3) is 0.615. The van der Waals surface area contributed by atoms with Gasteiger partial charge in [0.15, 0.2) is 5.78 Å². The van der Waals surface area contributed by atoms with Crippen molar-refractivity contribution in [1.29, 1.82) is 0 Å². The molecule has 0 bridgehead atoms. The molecule has 6 atom stereocenters. The molecule has 4 heteroatoms. The smallest absolute Gasteiger partial charge is 0.155 e. The molecule has 6 rings (SSSR count). The van der Waals surface area contributed by atoms with Gasteiger partial charge in [0.25, 0.3) is 0 Å². The summed E-state index contributed by atoms with van der Waals surface area (Å²) < 4.78 is 5.52. The van der Waals surface area contributed by atoms with Crippen molar-refractivity contribution >= 4 is 11.6 Å². The summed E-state index contributed by atoms with van der Waals surface area (Å²) in [6.45, 7) is 2.16. The minimum Gasteiger partial charge on any atom is -0.497 e. The molecule has 1 N–H and O–H groups in total. The standard InChI is InChI=1S/C26H30O4/c1-24-14-22-19-5-4-18(30-2)11-15(19)13-25-10-9-17(27)12-16(25)3-6-21(26(22,25)29)20(24)7-8-23(24)28/h4-5,11-12,20-22,29H,3,6-10,13-14H2,1-2H3/t20-,21-,22?,24-,25+,26-/m0/s1. The third-order valence-electron chi connectivity index (χ3n) is 9.81. The van der Waals surface area contributed by atoms with Crippen LogP contribution in [0.5, 0.6) is 5.75 Å². The van der Waals surface area contributed by atoms with Crippen LogP contribution in [0.2, 0.25) is 0 Å². The first-order valence-corrected chi connectivity index (χ1v) is 11.5. The molecule has 0 radical (unpaired) electrons. The topological polar surface area (TPSA) is 63.6 Å². The first-order chi connectivity index (χ1) is 14.3. The average Bonchev–Trinajstić information content (AvgIpc) is 3.02. The van der Waals surface area contributed by atoms with Gasteiger partial charge in [-0.1, -0.05) is 18.6 Å². The van der Waals surface area contributed by atoms with Gasteiger partial charge in [-0.3, -0.25) is 9.59 Å². The number of fused-ring (bicyclic) bond motifs is 4. The molecule has 0 saturated heterocycles. The summed E-state index contributed by atoms with van der Waals surface area (Å²) in [5.74, 6) is 1.71. The maximum absolute atomic E-state index is 13.0. The molecule has 3 saturated carbocycles. The molecule has 0 aliphatic heterocycles. The van der Waals surface area contributed by atoms with Crippen molar-refractivity contribution < 1.29 is 19.4 Å². The van der Waals surface area contributed by atoms with E-state index in [4.69, 9.17) is 4.74 Å². The van der Waals surface area contributed by atoms with Crippen molar-refractivity contribution in [3.63, 3.8) is 0 Å². The second-order valence-corrected chi connectivity index (χ2v) is 10.7. The Bertz CT molecular complexity index is 1010. The van der Waals surface area contributed by atoms with Gasteiger partial charge in [-0.2, -0.15) is 0 Å². The van der Waals surface area contributed by atoms with Gasteiger partial charge in [0.2, 0.25) is 0 Å². The summed E-state index contributed by atoms with van der Waals surface area (Å²) in [7, 11) is 1.68. The summed E-state index contributed by atoms with van der Waals surface area (Å²) in [4.78, 5) is 25.4. The van der Waals surface area contributed by atoms with Crippen molar-refractivity contribution in [1.82, 2.24) is 0 Å². The summed E-state index contributed by atoms with van der Waals surface area (Å²) in [5.41, 5.74) is 1.95. The molecule has 1 spiro atoms. The predicted molar refractivity (Wildman–Crippen MR) is 112 cm³/mol. The molecule has 0 amide bonds. The van der Waals surface area contributed by atoms with Gasteiger partial charge in [0.1, 0.15) is 11.5 Å². The van der Waals surface area contributed by atoms with E-state index in [1.807, 2.05) is 12.1 Å². The summed E-state index contributed by atoms with van der Waals surface area (Å²) >= 11 is 0. The quantitative estimate of drug-likeness (QED) is 0.761. The van der Waals surface area contributed by atoms with E-state index in [-0.39, 0.29) is 34.4 Å². The minimum absolute atomic E-state index is 0.0719. The number of methoxy groups -OCH3 is 1. The molecule has 3 fully saturated rings. The van der Waals surface area contributed by atoms with Gasteiger partial charge >= 0.3 is 0 Å². The van der Waals surface area contributed by atoms with Crippen molar-refractivity contribution in [2.45, 2.75) is 69.8 Å². The molecule has 1 aromatic rings. The molecule has 5 aliphatic rings. The first-order valence-electron chi connectivity index (χ1n) is 11.5. The molecule has 1 unspecified atom stereocenters. The zero-order chi connectivity index (χ0) is 20.9. The highest BCUT2D eigenvalue weighted by Crippen LogP contribution is 2.72. The number of carbonyl (C=O) groups excluding carboxylic acids is 2. The Balaban J connectivity index is 1.62. The fourth-order valence-corrected chi connectivity index (χ4v) is 8.46. The number of rotatable bonds is 1. The number of benzene rings is 1. The highest BCUT2D eigenvalue weighted by atomic mass is 16.5. The van der Waals surface area contributed by atoms with Crippen LogP contribution in [0.4, 0.5) is 0 Å². The van der Waals surface area contributed by atoms with Crippen LogP contribution in [0.15, 0.2) is 29.8 Å². The second kappa shape index (κ2) is 5.85. The van der Waals surface area contributed by atoms with E-state index in [0.29, 0.717) is 25.0 Å². The summed E-state index contributed by atoms with van der Waals surface area (Å²) in [6.07, 6.45) is 7.85. The number of hydrogen-bond donors (Lipinski definition) is 1. The Morgan fingerprint density at radius 2 is 1.90 bits per heavy atom. The number of aliphatic hydroxyl groups is 1. The SMILES string of the molecule is COc1ccc2c(c1)C[C@]13CCC(=O)C=C1CC[C@H]1[C@@H]4CCC(=O)[C@@]4(C)CC2[C@@]13O. The number of Topliss-reactive ketones (excluding diaryl/α,β-unsaturated/α-hetero) is 1. The Morgan fingerprint density at radius 3 is 2.70 bits per heavy atom. The molecule has 4 nitrogen and oxygen atoms in total. The number of ketones is 2. The molecule has 30 heavy (non-hydrogen) atoms. The van der Waals surface area contributed by atoms with Crippen LogP contribution < -0.4 is 4.74 Å². The molecule has 158 valence electrons. The third-order valence-corrected chi connectivity index (χ3v) is 9.81. The van der Waals surface area contributed by atoms with Gasteiger partial charge < -0.3 is 9.84 Å². The maximum atomic E-state index is 13.0.